The van der Waals surface area contributed by atoms with Gasteiger partial charge in [-0.1, -0.05) is 72.8 Å². The number of methoxy groups -OCH3 is 1. The molecule has 0 heterocycles. The number of hydrogen-bond donors (Lipinski definition) is 2. The van der Waals surface area contributed by atoms with Gasteiger partial charge in [-0.25, -0.2) is 0 Å². The van der Waals surface area contributed by atoms with Crippen molar-refractivity contribution in [3.63, 3.8) is 0 Å². The average molecular weight is 358 g/mol. The van der Waals surface area contributed by atoms with Crippen molar-refractivity contribution in [2.24, 2.45) is 5.73 Å². The van der Waals surface area contributed by atoms with E-state index in [0.29, 0.717) is 6.42 Å². The molecule has 1 unspecified atom stereocenters. The third-order valence-corrected chi connectivity index (χ3v) is 4.86. The van der Waals surface area contributed by atoms with Crippen LogP contribution in [-0.4, -0.2) is 12.9 Å². The van der Waals surface area contributed by atoms with Crippen LogP contribution in [0.15, 0.2) is 78.9 Å². The smallest absolute Gasteiger partial charge is 0.126 e. The standard InChI is InChI=1S/C24H26N2O/c1-27-22-16-8-15-21(24(22)19-12-6-3-7-13-19)20(14-9-17-23(25)26)18-10-4-2-5-11-18/h2-8,10-13,15-16,20H,9,14,17H2,1H3,(H3,25,26). The third-order valence-electron chi connectivity index (χ3n) is 4.86. The van der Waals surface area contributed by atoms with Crippen molar-refractivity contribution in [2.45, 2.75) is 25.2 Å². The normalized spacial score (nSPS) is 11.7. The van der Waals surface area contributed by atoms with Crippen molar-refractivity contribution < 1.29 is 4.74 Å². The Hall–Kier alpha value is -3.07. The first-order valence-corrected chi connectivity index (χ1v) is 9.31. The highest BCUT2D eigenvalue weighted by Gasteiger charge is 2.21. The van der Waals surface area contributed by atoms with Gasteiger partial charge < -0.3 is 10.5 Å². The number of rotatable bonds is 8. The molecule has 3 rings (SSSR count). The fraction of sp³-hybridized carbons (Fsp3) is 0.208. The number of ether oxygens (including phenoxy) is 1. The maximum absolute atomic E-state index is 7.55. The Morgan fingerprint density at radius 3 is 2.22 bits per heavy atom. The molecule has 0 fully saturated rings. The van der Waals surface area contributed by atoms with Crippen LogP contribution in [0, 0.1) is 5.41 Å². The monoisotopic (exact) mass is 358 g/mol. The summed E-state index contributed by atoms with van der Waals surface area (Å²) in [7, 11) is 1.72. The molecule has 138 valence electrons. The van der Waals surface area contributed by atoms with Crippen LogP contribution >= 0.6 is 0 Å². The highest BCUT2D eigenvalue weighted by atomic mass is 16.5. The summed E-state index contributed by atoms with van der Waals surface area (Å²) >= 11 is 0. The Bertz CT molecular complexity index is 875. The second-order valence-electron chi connectivity index (χ2n) is 6.67. The summed E-state index contributed by atoms with van der Waals surface area (Å²) in [5.41, 5.74) is 10.4. The van der Waals surface area contributed by atoms with Gasteiger partial charge >= 0.3 is 0 Å². The third kappa shape index (κ3) is 4.56. The van der Waals surface area contributed by atoms with Gasteiger partial charge in [0.15, 0.2) is 0 Å². The highest BCUT2D eigenvalue weighted by Crippen LogP contribution is 2.41. The fourth-order valence-electron chi connectivity index (χ4n) is 3.61. The van der Waals surface area contributed by atoms with Crippen molar-refractivity contribution in [3.05, 3.63) is 90.0 Å². The summed E-state index contributed by atoms with van der Waals surface area (Å²) in [6.07, 6.45) is 2.42. The van der Waals surface area contributed by atoms with E-state index in [2.05, 4.69) is 60.7 Å². The van der Waals surface area contributed by atoms with Crippen LogP contribution in [0.1, 0.15) is 36.3 Å². The maximum Gasteiger partial charge on any atom is 0.126 e. The van der Waals surface area contributed by atoms with Gasteiger partial charge in [-0.05, 0) is 35.6 Å². The zero-order valence-corrected chi connectivity index (χ0v) is 15.7. The average Bonchev–Trinajstić information content (AvgIpc) is 2.72. The molecule has 0 aliphatic heterocycles. The summed E-state index contributed by atoms with van der Waals surface area (Å²) in [6.45, 7) is 0. The van der Waals surface area contributed by atoms with Crippen molar-refractivity contribution in [2.75, 3.05) is 7.11 Å². The van der Waals surface area contributed by atoms with Gasteiger partial charge in [0.1, 0.15) is 5.75 Å². The van der Waals surface area contributed by atoms with E-state index < -0.39 is 0 Å². The Morgan fingerprint density at radius 1 is 0.926 bits per heavy atom. The predicted molar refractivity (Wildman–Crippen MR) is 112 cm³/mol. The van der Waals surface area contributed by atoms with Crippen LogP contribution < -0.4 is 10.5 Å². The zero-order valence-electron chi connectivity index (χ0n) is 15.7. The summed E-state index contributed by atoms with van der Waals surface area (Å²) in [6, 6.07) is 27.2. The number of amidine groups is 1. The topological polar surface area (TPSA) is 59.1 Å². The SMILES string of the molecule is COc1cccc(C(CCCC(=N)N)c2ccccc2)c1-c1ccccc1. The minimum Gasteiger partial charge on any atom is -0.496 e. The van der Waals surface area contributed by atoms with Crippen molar-refractivity contribution in [1.29, 1.82) is 5.41 Å². The predicted octanol–water partition coefficient (Wildman–Crippen LogP) is 5.60. The first kappa shape index (κ1) is 18.7. The molecular weight excluding hydrogens is 332 g/mol. The molecule has 3 aromatic rings. The molecular formula is C24H26N2O. The van der Waals surface area contributed by atoms with E-state index in [9.17, 15) is 0 Å². The number of benzene rings is 3. The number of nitrogens with two attached hydrogens (primary N) is 1. The van der Waals surface area contributed by atoms with Gasteiger partial charge in [-0.3, -0.25) is 5.41 Å². The van der Waals surface area contributed by atoms with E-state index in [1.54, 1.807) is 7.11 Å². The molecule has 3 aromatic carbocycles. The lowest BCUT2D eigenvalue weighted by Gasteiger charge is -2.23. The van der Waals surface area contributed by atoms with E-state index in [1.807, 2.05) is 18.2 Å². The minimum absolute atomic E-state index is 0.218. The maximum atomic E-state index is 7.55. The molecule has 0 aromatic heterocycles. The van der Waals surface area contributed by atoms with Crippen molar-refractivity contribution in [1.82, 2.24) is 0 Å². The Labute approximate surface area is 161 Å². The summed E-state index contributed by atoms with van der Waals surface area (Å²) in [4.78, 5) is 0. The minimum atomic E-state index is 0.218. The zero-order chi connectivity index (χ0) is 19.1. The summed E-state index contributed by atoms with van der Waals surface area (Å²) < 4.78 is 5.72. The Balaban J connectivity index is 2.10. The molecule has 0 amide bonds. The van der Waals surface area contributed by atoms with Gasteiger partial charge in [0.2, 0.25) is 0 Å². The van der Waals surface area contributed by atoms with Crippen molar-refractivity contribution >= 4 is 5.84 Å². The highest BCUT2D eigenvalue weighted by molar-refractivity contribution is 5.77. The van der Waals surface area contributed by atoms with Gasteiger partial charge in [0.25, 0.3) is 0 Å². The molecule has 27 heavy (non-hydrogen) atoms. The lowest BCUT2D eigenvalue weighted by Crippen LogP contribution is -2.10. The molecule has 3 nitrogen and oxygen atoms in total. The van der Waals surface area contributed by atoms with Crippen LogP contribution in [0.3, 0.4) is 0 Å². The van der Waals surface area contributed by atoms with Gasteiger partial charge in [0.05, 0.1) is 12.9 Å². The van der Waals surface area contributed by atoms with Gasteiger partial charge in [-0.2, -0.15) is 0 Å². The lowest BCUT2D eigenvalue weighted by atomic mass is 9.82. The van der Waals surface area contributed by atoms with Gasteiger partial charge in [-0.15, -0.1) is 0 Å². The molecule has 0 saturated carbocycles. The molecule has 0 aliphatic rings. The van der Waals surface area contributed by atoms with E-state index in [0.717, 1.165) is 29.7 Å². The molecule has 0 radical (unpaired) electrons. The molecule has 0 saturated heterocycles. The molecule has 0 spiro atoms. The lowest BCUT2D eigenvalue weighted by molar-refractivity contribution is 0.415. The molecule has 1 atom stereocenters. The van der Waals surface area contributed by atoms with Gasteiger partial charge in [0, 0.05) is 17.9 Å². The molecule has 0 bridgehead atoms. The summed E-state index contributed by atoms with van der Waals surface area (Å²) in [5, 5.41) is 7.55. The van der Waals surface area contributed by atoms with E-state index in [4.69, 9.17) is 15.9 Å². The first-order chi connectivity index (χ1) is 13.2. The van der Waals surface area contributed by atoms with E-state index >= 15 is 0 Å². The van der Waals surface area contributed by atoms with Crippen LogP contribution in [-0.2, 0) is 0 Å². The number of nitrogens with one attached hydrogen (secondary N) is 1. The summed E-state index contributed by atoms with van der Waals surface area (Å²) in [5.74, 6) is 1.35. The second kappa shape index (κ2) is 9.04. The molecule has 0 aliphatic carbocycles. The van der Waals surface area contributed by atoms with Crippen LogP contribution in [0.25, 0.3) is 11.1 Å². The van der Waals surface area contributed by atoms with Crippen molar-refractivity contribution in [3.8, 4) is 16.9 Å². The van der Waals surface area contributed by atoms with Crippen LogP contribution in [0.5, 0.6) is 5.75 Å². The quantitative estimate of drug-likeness (QED) is 0.407. The first-order valence-electron chi connectivity index (χ1n) is 9.31. The fourth-order valence-corrected chi connectivity index (χ4v) is 3.61. The Kier molecular flexibility index (Phi) is 6.26. The molecule has 3 heteroatoms. The Morgan fingerprint density at radius 2 is 1.59 bits per heavy atom. The van der Waals surface area contributed by atoms with E-state index in [1.165, 1.54) is 11.1 Å². The van der Waals surface area contributed by atoms with Crippen LogP contribution in [0.4, 0.5) is 0 Å². The largest absolute Gasteiger partial charge is 0.496 e. The number of hydrogen-bond acceptors (Lipinski definition) is 2. The second-order valence-corrected chi connectivity index (χ2v) is 6.67. The molecule has 3 N–H and O–H groups in total. The van der Waals surface area contributed by atoms with E-state index in [-0.39, 0.29) is 11.8 Å². The van der Waals surface area contributed by atoms with Crippen LogP contribution in [0.2, 0.25) is 0 Å².